The molecule has 0 aliphatic carbocycles. The summed E-state index contributed by atoms with van der Waals surface area (Å²) >= 11 is 0. The van der Waals surface area contributed by atoms with Crippen LogP contribution in [0.2, 0.25) is 0 Å². The molecule has 0 radical (unpaired) electrons. The number of aryl methyl sites for hydroxylation is 1. The topological polar surface area (TPSA) is 108 Å². The molecule has 0 saturated carbocycles. The van der Waals surface area contributed by atoms with Crippen molar-refractivity contribution >= 4 is 15.8 Å². The molecule has 0 amide bonds. The van der Waals surface area contributed by atoms with E-state index >= 15 is 0 Å². The zero-order chi connectivity index (χ0) is 18.7. The van der Waals surface area contributed by atoms with Gasteiger partial charge in [-0.15, -0.1) is 0 Å². The van der Waals surface area contributed by atoms with E-state index in [1.54, 1.807) is 17.0 Å². The van der Waals surface area contributed by atoms with Crippen LogP contribution in [0.5, 0.6) is 11.5 Å². The van der Waals surface area contributed by atoms with Crippen molar-refractivity contribution in [3.63, 3.8) is 0 Å². The lowest BCUT2D eigenvalue weighted by molar-refractivity contribution is 0.386. The first-order valence-electron chi connectivity index (χ1n) is 7.52. The van der Waals surface area contributed by atoms with Crippen LogP contribution in [0.15, 0.2) is 47.9 Å². The quantitative estimate of drug-likeness (QED) is 0.699. The standard InChI is InChI=1S/C16H17N5O4S/c1-11-17-6-7-21(11)16-9-15(18-10-19-16)20-26(22,23)14-5-4-12(24-2)8-13(14)25-3/h4-10H,1-3H3,(H,18,19,20). The van der Waals surface area contributed by atoms with Gasteiger partial charge in [0.1, 0.15) is 40.2 Å². The van der Waals surface area contributed by atoms with Crippen molar-refractivity contribution < 1.29 is 17.9 Å². The average Bonchev–Trinajstić information content (AvgIpc) is 3.07. The minimum atomic E-state index is -3.92. The van der Waals surface area contributed by atoms with Crippen LogP contribution in [0, 0.1) is 6.92 Å². The second kappa shape index (κ2) is 7.00. The van der Waals surface area contributed by atoms with Crippen LogP contribution in [0.25, 0.3) is 5.82 Å². The van der Waals surface area contributed by atoms with Gasteiger partial charge in [0, 0.05) is 24.5 Å². The van der Waals surface area contributed by atoms with Gasteiger partial charge in [0.15, 0.2) is 0 Å². The van der Waals surface area contributed by atoms with Crippen molar-refractivity contribution in [2.75, 3.05) is 18.9 Å². The Morgan fingerprint density at radius 1 is 1.08 bits per heavy atom. The van der Waals surface area contributed by atoms with Gasteiger partial charge in [0.25, 0.3) is 10.0 Å². The Hall–Kier alpha value is -3.14. The molecule has 0 spiro atoms. The van der Waals surface area contributed by atoms with Crippen LogP contribution >= 0.6 is 0 Å². The third-order valence-corrected chi connectivity index (χ3v) is 5.02. The Labute approximate surface area is 150 Å². The van der Waals surface area contributed by atoms with E-state index in [2.05, 4.69) is 19.7 Å². The fourth-order valence-electron chi connectivity index (χ4n) is 2.34. The molecule has 9 nitrogen and oxygen atoms in total. The Bertz CT molecular complexity index is 1030. The molecule has 0 aliphatic heterocycles. The summed E-state index contributed by atoms with van der Waals surface area (Å²) in [6, 6.07) is 5.95. The highest BCUT2D eigenvalue weighted by Crippen LogP contribution is 2.29. The van der Waals surface area contributed by atoms with Crippen LogP contribution < -0.4 is 14.2 Å². The van der Waals surface area contributed by atoms with Crippen molar-refractivity contribution in [1.29, 1.82) is 0 Å². The van der Waals surface area contributed by atoms with Crippen LogP contribution in [0.3, 0.4) is 0 Å². The van der Waals surface area contributed by atoms with Crippen LogP contribution in [0.4, 0.5) is 5.82 Å². The Kier molecular flexibility index (Phi) is 4.76. The summed E-state index contributed by atoms with van der Waals surface area (Å²) in [5.41, 5.74) is 0. The number of methoxy groups -OCH3 is 2. The molecule has 0 unspecified atom stereocenters. The SMILES string of the molecule is COc1ccc(S(=O)(=O)Nc2cc(-n3ccnc3C)ncn2)c(OC)c1. The van der Waals surface area contributed by atoms with E-state index in [1.807, 2.05) is 6.92 Å². The molecule has 0 aliphatic rings. The minimum Gasteiger partial charge on any atom is -0.497 e. The maximum absolute atomic E-state index is 12.7. The number of anilines is 1. The van der Waals surface area contributed by atoms with Crippen molar-refractivity contribution in [3.8, 4) is 17.3 Å². The lowest BCUT2D eigenvalue weighted by atomic mass is 10.3. The highest BCUT2D eigenvalue weighted by Gasteiger charge is 2.21. The highest BCUT2D eigenvalue weighted by molar-refractivity contribution is 7.92. The number of benzene rings is 1. The fraction of sp³-hybridized carbons (Fsp3) is 0.188. The summed E-state index contributed by atoms with van der Waals surface area (Å²) < 4.78 is 39.9. The van der Waals surface area contributed by atoms with Gasteiger partial charge in [-0.05, 0) is 19.1 Å². The Morgan fingerprint density at radius 2 is 1.88 bits per heavy atom. The molecule has 3 rings (SSSR count). The summed E-state index contributed by atoms with van der Waals surface area (Å²) in [6.07, 6.45) is 4.63. The first-order chi connectivity index (χ1) is 12.4. The molecule has 0 fully saturated rings. The molecular weight excluding hydrogens is 358 g/mol. The van der Waals surface area contributed by atoms with Gasteiger partial charge < -0.3 is 9.47 Å². The molecule has 3 aromatic rings. The van der Waals surface area contributed by atoms with Gasteiger partial charge in [-0.1, -0.05) is 0 Å². The zero-order valence-corrected chi connectivity index (χ0v) is 15.2. The monoisotopic (exact) mass is 375 g/mol. The number of rotatable bonds is 6. The lowest BCUT2D eigenvalue weighted by Crippen LogP contribution is -2.15. The van der Waals surface area contributed by atoms with E-state index in [4.69, 9.17) is 9.47 Å². The Morgan fingerprint density at radius 3 is 2.54 bits per heavy atom. The summed E-state index contributed by atoms with van der Waals surface area (Å²) in [5, 5.41) is 0. The van der Waals surface area contributed by atoms with E-state index in [-0.39, 0.29) is 16.5 Å². The smallest absolute Gasteiger partial charge is 0.266 e. The molecule has 136 valence electrons. The third kappa shape index (κ3) is 3.45. The van der Waals surface area contributed by atoms with E-state index in [0.29, 0.717) is 17.4 Å². The number of nitrogens with one attached hydrogen (secondary N) is 1. The van der Waals surface area contributed by atoms with E-state index < -0.39 is 10.0 Å². The van der Waals surface area contributed by atoms with Crippen molar-refractivity contribution in [2.45, 2.75) is 11.8 Å². The van der Waals surface area contributed by atoms with Crippen LogP contribution in [-0.2, 0) is 10.0 Å². The summed E-state index contributed by atoms with van der Waals surface area (Å²) in [7, 11) is -1.05. The fourth-order valence-corrected chi connectivity index (χ4v) is 3.50. The second-order valence-corrected chi connectivity index (χ2v) is 6.88. The number of ether oxygens (including phenoxy) is 2. The van der Waals surface area contributed by atoms with Gasteiger partial charge in [-0.3, -0.25) is 9.29 Å². The number of sulfonamides is 1. The highest BCUT2D eigenvalue weighted by atomic mass is 32.2. The first kappa shape index (κ1) is 17.7. The van der Waals surface area contributed by atoms with Crippen LogP contribution in [-0.4, -0.2) is 42.2 Å². The Balaban J connectivity index is 1.95. The first-order valence-corrected chi connectivity index (χ1v) is 9.00. The lowest BCUT2D eigenvalue weighted by Gasteiger charge is -2.12. The normalized spacial score (nSPS) is 11.2. The molecule has 10 heteroatoms. The van der Waals surface area contributed by atoms with Crippen molar-refractivity contribution in [2.24, 2.45) is 0 Å². The van der Waals surface area contributed by atoms with Gasteiger partial charge >= 0.3 is 0 Å². The third-order valence-electron chi connectivity index (χ3n) is 3.62. The van der Waals surface area contributed by atoms with Crippen LogP contribution in [0.1, 0.15) is 5.82 Å². The number of aromatic nitrogens is 4. The van der Waals surface area contributed by atoms with E-state index in [9.17, 15) is 8.42 Å². The summed E-state index contributed by atoms with van der Waals surface area (Å²) in [4.78, 5) is 12.2. The largest absolute Gasteiger partial charge is 0.497 e. The van der Waals surface area contributed by atoms with Gasteiger partial charge in [-0.25, -0.2) is 23.4 Å². The number of hydrogen-bond acceptors (Lipinski definition) is 7. The van der Waals surface area contributed by atoms with E-state index in [0.717, 1.165) is 0 Å². The minimum absolute atomic E-state index is 0.0280. The molecule has 2 aromatic heterocycles. The maximum Gasteiger partial charge on any atom is 0.266 e. The molecule has 26 heavy (non-hydrogen) atoms. The van der Waals surface area contributed by atoms with Crippen molar-refractivity contribution in [1.82, 2.24) is 19.5 Å². The number of nitrogens with zero attached hydrogens (tertiary/aromatic N) is 4. The number of imidazole rings is 1. The summed E-state index contributed by atoms with van der Waals surface area (Å²) in [5.74, 6) is 1.99. The number of hydrogen-bond donors (Lipinski definition) is 1. The maximum atomic E-state index is 12.7. The second-order valence-electron chi connectivity index (χ2n) is 5.23. The molecule has 2 heterocycles. The molecule has 1 aromatic carbocycles. The average molecular weight is 375 g/mol. The summed E-state index contributed by atoms with van der Waals surface area (Å²) in [6.45, 7) is 1.81. The molecule has 1 N–H and O–H groups in total. The van der Waals surface area contributed by atoms with Crippen molar-refractivity contribution in [3.05, 3.63) is 48.8 Å². The molecule has 0 bridgehead atoms. The van der Waals surface area contributed by atoms with E-state index in [1.165, 1.54) is 44.8 Å². The van der Waals surface area contributed by atoms with Gasteiger partial charge in [-0.2, -0.15) is 0 Å². The molecule has 0 saturated heterocycles. The molecule has 0 atom stereocenters. The van der Waals surface area contributed by atoms with Gasteiger partial charge in [0.2, 0.25) is 0 Å². The molecular formula is C16H17N5O4S. The van der Waals surface area contributed by atoms with Gasteiger partial charge in [0.05, 0.1) is 14.2 Å². The zero-order valence-electron chi connectivity index (χ0n) is 14.4. The predicted molar refractivity (Wildman–Crippen MR) is 94.2 cm³/mol. The predicted octanol–water partition coefficient (Wildman–Crippen LogP) is 1.79.